The van der Waals surface area contributed by atoms with E-state index >= 15 is 4.39 Å². The van der Waals surface area contributed by atoms with E-state index in [4.69, 9.17) is 14.2 Å². The third-order valence-corrected chi connectivity index (χ3v) is 8.50. The van der Waals surface area contributed by atoms with E-state index in [0.717, 1.165) is 42.4 Å². The van der Waals surface area contributed by atoms with Crippen molar-refractivity contribution in [2.75, 3.05) is 53.2 Å². The van der Waals surface area contributed by atoms with Crippen LogP contribution in [0.1, 0.15) is 43.7 Å². The van der Waals surface area contributed by atoms with Crippen LogP contribution in [0.5, 0.6) is 17.2 Å². The van der Waals surface area contributed by atoms with Gasteiger partial charge in [0.05, 0.1) is 24.6 Å². The second kappa shape index (κ2) is 14.7. The van der Waals surface area contributed by atoms with Crippen molar-refractivity contribution in [2.24, 2.45) is 0 Å². The first-order valence-electron chi connectivity index (χ1n) is 15.3. The number of hydrogen-bond acceptors (Lipinski definition) is 7. The van der Waals surface area contributed by atoms with Gasteiger partial charge in [-0.2, -0.15) is 0 Å². The van der Waals surface area contributed by atoms with Crippen LogP contribution >= 0.6 is 0 Å². The Morgan fingerprint density at radius 3 is 2.35 bits per heavy atom. The summed E-state index contributed by atoms with van der Waals surface area (Å²) < 4.78 is 60.3. The Labute approximate surface area is 263 Å². The van der Waals surface area contributed by atoms with Gasteiger partial charge in [0.25, 0.3) is 11.5 Å². The fourth-order valence-electron chi connectivity index (χ4n) is 5.98. The molecule has 2 amide bonds. The van der Waals surface area contributed by atoms with Crippen molar-refractivity contribution in [2.45, 2.75) is 50.8 Å². The summed E-state index contributed by atoms with van der Waals surface area (Å²) >= 11 is 0. The third-order valence-electron chi connectivity index (χ3n) is 8.50. The van der Waals surface area contributed by atoms with E-state index in [1.165, 1.54) is 11.7 Å². The van der Waals surface area contributed by atoms with E-state index in [-0.39, 0.29) is 30.0 Å². The first-order chi connectivity index (χ1) is 22.3. The average Bonchev–Trinajstić information content (AvgIpc) is 3.09. The summed E-state index contributed by atoms with van der Waals surface area (Å²) in [5.74, 6) is -1.01. The monoisotopic (exact) mass is 646 g/mol. The summed E-state index contributed by atoms with van der Waals surface area (Å²) in [5.41, 5.74) is -0.930. The molecule has 2 saturated heterocycles. The third kappa shape index (κ3) is 7.00. The van der Waals surface area contributed by atoms with E-state index in [9.17, 15) is 28.0 Å². The molecule has 0 radical (unpaired) electrons. The van der Waals surface area contributed by atoms with Gasteiger partial charge in [-0.1, -0.05) is 6.07 Å². The number of fused-ring (bicyclic) bond motifs is 1. The van der Waals surface area contributed by atoms with E-state index in [2.05, 4.69) is 0 Å². The van der Waals surface area contributed by atoms with Crippen molar-refractivity contribution in [3.8, 4) is 17.2 Å². The largest absolute Gasteiger partial charge is 0.493 e. The van der Waals surface area contributed by atoms with Gasteiger partial charge in [-0.15, -0.1) is 0 Å². The van der Waals surface area contributed by atoms with Crippen LogP contribution in [0.25, 0.3) is 10.9 Å². The van der Waals surface area contributed by atoms with Crippen molar-refractivity contribution in [1.82, 2.24) is 18.9 Å². The second-order valence-electron chi connectivity index (χ2n) is 11.5. The number of ether oxygens (including phenoxy) is 3. The first kappa shape index (κ1) is 32.9. The molecule has 2 aliphatic heterocycles. The summed E-state index contributed by atoms with van der Waals surface area (Å²) in [6.45, 7) is -0.674. The minimum absolute atomic E-state index is 0.0115. The molecular formula is C32H37F3N4O7. The summed E-state index contributed by atoms with van der Waals surface area (Å²) in [5, 5.41) is -0.0755. The molecule has 2 fully saturated rings. The van der Waals surface area contributed by atoms with Gasteiger partial charge >= 0.3 is 5.69 Å². The summed E-state index contributed by atoms with van der Waals surface area (Å²) in [7, 11) is 1.43. The van der Waals surface area contributed by atoms with Gasteiger partial charge in [-0.3, -0.25) is 23.5 Å². The van der Waals surface area contributed by atoms with Crippen LogP contribution in [0.4, 0.5) is 13.2 Å². The maximum absolute atomic E-state index is 15.2. The topological polar surface area (TPSA) is 112 Å². The number of methoxy groups -OCH3 is 1. The first-order valence-corrected chi connectivity index (χ1v) is 15.3. The molecule has 0 spiro atoms. The molecule has 0 saturated carbocycles. The molecule has 5 rings (SSSR count). The van der Waals surface area contributed by atoms with Crippen LogP contribution in [-0.2, 0) is 16.1 Å². The van der Waals surface area contributed by atoms with Crippen molar-refractivity contribution in [3.05, 3.63) is 62.6 Å². The molecule has 3 heterocycles. The minimum atomic E-state index is -1.56. The fraction of sp³-hybridized carbons (Fsp3) is 0.500. The maximum atomic E-state index is 15.2. The quantitative estimate of drug-likeness (QED) is 0.278. The van der Waals surface area contributed by atoms with Crippen LogP contribution in [0.15, 0.2) is 39.9 Å². The standard InChI is InChI=1S/C32H37F3N4O7/c1-44-29-13-21(5-6-27(29)45-19-30(41)37-9-3-2-4-10-37)18-38-31(42)24-14-28(46-23(16-33)17-34)25(35)15-26(24)39(32(38)43)22-7-11-36(20-40)12-8-22/h5-6,13-15,20,22-23H,2-4,7-12,16-19H2,1H3. The Balaban J connectivity index is 1.50. The molecule has 1 aromatic heterocycles. The molecule has 46 heavy (non-hydrogen) atoms. The Kier molecular flexibility index (Phi) is 10.5. The van der Waals surface area contributed by atoms with Crippen LogP contribution in [0.3, 0.4) is 0 Å². The molecule has 0 unspecified atom stereocenters. The molecule has 11 nitrogen and oxygen atoms in total. The highest BCUT2D eigenvalue weighted by Crippen LogP contribution is 2.30. The number of rotatable bonds is 12. The lowest BCUT2D eigenvalue weighted by Gasteiger charge is -2.31. The minimum Gasteiger partial charge on any atom is -0.493 e. The van der Waals surface area contributed by atoms with E-state index < -0.39 is 48.3 Å². The Morgan fingerprint density at radius 1 is 0.978 bits per heavy atom. The highest BCUT2D eigenvalue weighted by Gasteiger charge is 2.26. The van der Waals surface area contributed by atoms with Gasteiger partial charge in [0.15, 0.2) is 35.8 Å². The number of hydrogen-bond donors (Lipinski definition) is 0. The van der Waals surface area contributed by atoms with Crippen LogP contribution in [-0.4, -0.2) is 90.6 Å². The van der Waals surface area contributed by atoms with Crippen molar-refractivity contribution >= 4 is 23.2 Å². The highest BCUT2D eigenvalue weighted by molar-refractivity contribution is 5.80. The number of aromatic nitrogens is 2. The molecule has 0 atom stereocenters. The Morgan fingerprint density at radius 2 is 1.70 bits per heavy atom. The lowest BCUT2D eigenvalue weighted by atomic mass is 10.0. The molecular weight excluding hydrogens is 609 g/mol. The second-order valence-corrected chi connectivity index (χ2v) is 11.5. The smallest absolute Gasteiger partial charge is 0.332 e. The van der Waals surface area contributed by atoms with Crippen LogP contribution < -0.4 is 25.5 Å². The molecule has 0 aliphatic carbocycles. The number of nitrogens with zero attached hydrogens (tertiary/aromatic N) is 4. The van der Waals surface area contributed by atoms with Gasteiger partial charge < -0.3 is 24.0 Å². The number of halogens is 3. The van der Waals surface area contributed by atoms with E-state index in [1.807, 2.05) is 0 Å². The molecule has 0 bridgehead atoms. The summed E-state index contributed by atoms with van der Waals surface area (Å²) in [6.07, 6.45) is 2.93. The number of likely N-dealkylation sites (tertiary alicyclic amines) is 2. The van der Waals surface area contributed by atoms with Gasteiger partial charge in [0, 0.05) is 38.3 Å². The van der Waals surface area contributed by atoms with Gasteiger partial charge in [0.2, 0.25) is 6.41 Å². The zero-order valence-corrected chi connectivity index (χ0v) is 25.6. The maximum Gasteiger partial charge on any atom is 0.332 e. The fourth-order valence-corrected chi connectivity index (χ4v) is 5.98. The number of carbonyl (C=O) groups is 2. The zero-order valence-electron chi connectivity index (χ0n) is 25.6. The van der Waals surface area contributed by atoms with Gasteiger partial charge in [-0.25, -0.2) is 18.0 Å². The number of piperidine rings is 2. The lowest BCUT2D eigenvalue weighted by molar-refractivity contribution is -0.134. The molecule has 3 aromatic rings. The lowest BCUT2D eigenvalue weighted by Crippen LogP contribution is -2.44. The molecule has 2 aliphatic rings. The zero-order chi connectivity index (χ0) is 32.8. The van der Waals surface area contributed by atoms with Crippen LogP contribution in [0.2, 0.25) is 0 Å². The normalized spacial score (nSPS) is 15.8. The van der Waals surface area contributed by atoms with Gasteiger partial charge in [0.1, 0.15) is 13.3 Å². The van der Waals surface area contributed by atoms with Gasteiger partial charge in [-0.05, 0) is 55.9 Å². The van der Waals surface area contributed by atoms with E-state index in [0.29, 0.717) is 56.1 Å². The summed E-state index contributed by atoms with van der Waals surface area (Å²) in [4.78, 5) is 55.0. The molecule has 2 aromatic carbocycles. The molecule has 0 N–H and O–H groups in total. The number of benzene rings is 2. The number of alkyl halides is 2. The van der Waals surface area contributed by atoms with Crippen molar-refractivity contribution in [1.29, 1.82) is 0 Å². The molecule has 248 valence electrons. The summed E-state index contributed by atoms with van der Waals surface area (Å²) in [6, 6.07) is 6.39. The SMILES string of the molecule is COc1cc(Cn2c(=O)c3cc(OC(CF)CF)c(F)cc3n(C3CCN(C=O)CC3)c2=O)ccc1OCC(=O)N1CCCCC1. The van der Waals surface area contributed by atoms with Crippen LogP contribution in [0, 0.1) is 5.82 Å². The number of carbonyl (C=O) groups excluding carboxylic acids is 2. The van der Waals surface area contributed by atoms with E-state index in [1.54, 1.807) is 28.0 Å². The Bertz CT molecular complexity index is 1680. The predicted octanol–water partition coefficient (Wildman–Crippen LogP) is 3.23. The Hall–Kier alpha value is -4.49. The predicted molar refractivity (Wildman–Crippen MR) is 163 cm³/mol. The van der Waals surface area contributed by atoms with Crippen molar-refractivity contribution in [3.63, 3.8) is 0 Å². The molecule has 14 heteroatoms. The average molecular weight is 647 g/mol. The highest BCUT2D eigenvalue weighted by atomic mass is 19.1. The van der Waals surface area contributed by atoms with Crippen molar-refractivity contribution < 1.29 is 37.0 Å². The number of amides is 2.